The molecule has 0 aromatic carbocycles. The Bertz CT molecular complexity index is 1250. The van der Waals surface area contributed by atoms with E-state index < -0.39 is 13.9 Å². The van der Waals surface area contributed by atoms with Crippen LogP contribution in [0.3, 0.4) is 0 Å². The summed E-state index contributed by atoms with van der Waals surface area (Å²) in [5.74, 6) is -0.355. The highest BCUT2D eigenvalue weighted by Gasteiger charge is 2.20. The molecule has 0 aromatic heterocycles. The number of phosphoric acid groups is 1. The van der Waals surface area contributed by atoms with Gasteiger partial charge in [-0.2, -0.15) is 0 Å². The first-order valence-electron chi connectivity index (χ1n) is 24.3. The molecule has 0 spiro atoms. The first kappa shape index (κ1) is 58.7. The van der Waals surface area contributed by atoms with Crippen LogP contribution in [0, 0.1) is 0 Å². The number of ether oxygens (including phenoxy) is 2. The van der Waals surface area contributed by atoms with Gasteiger partial charge in [-0.05, 0) is 89.9 Å². The summed E-state index contributed by atoms with van der Waals surface area (Å²) in [5, 5.41) is 0. The van der Waals surface area contributed by atoms with Crippen molar-refractivity contribution in [2.24, 2.45) is 0 Å². The predicted molar refractivity (Wildman–Crippen MR) is 258 cm³/mol. The lowest BCUT2D eigenvalue weighted by molar-refractivity contribution is -0.870. The SMILES string of the molecule is CC/C=C\C/C=C\C/C=C\C/C=C\CCCCCCCCC(=O)OC(COCCCCCCCCC/C=C\C/C=C\C/C=C\CCCCC)COP(=O)([O-])OCC[N+](C)(C)C. The van der Waals surface area contributed by atoms with Gasteiger partial charge in [0, 0.05) is 13.0 Å². The maximum absolute atomic E-state index is 12.7. The summed E-state index contributed by atoms with van der Waals surface area (Å²) in [6.07, 6.45) is 58.8. The number of phosphoric ester groups is 1. The Labute approximate surface area is 375 Å². The van der Waals surface area contributed by atoms with Crippen molar-refractivity contribution in [1.82, 2.24) is 0 Å². The Morgan fingerprint density at radius 1 is 0.525 bits per heavy atom. The maximum Gasteiger partial charge on any atom is 0.306 e. The van der Waals surface area contributed by atoms with E-state index in [0.29, 0.717) is 24.1 Å². The van der Waals surface area contributed by atoms with Crippen LogP contribution in [0.25, 0.3) is 0 Å². The molecule has 0 aliphatic rings. The average Bonchev–Trinajstić information content (AvgIpc) is 3.22. The fourth-order valence-electron chi connectivity index (χ4n) is 6.19. The molecule has 0 aromatic rings. The minimum atomic E-state index is -4.54. The van der Waals surface area contributed by atoms with Gasteiger partial charge < -0.3 is 27.9 Å². The molecule has 0 N–H and O–H groups in total. The van der Waals surface area contributed by atoms with Crippen molar-refractivity contribution < 1.29 is 37.3 Å². The van der Waals surface area contributed by atoms with Crippen LogP contribution in [0.5, 0.6) is 0 Å². The normalized spacial score (nSPS) is 14.4. The zero-order valence-corrected chi connectivity index (χ0v) is 40.7. The van der Waals surface area contributed by atoms with Crippen molar-refractivity contribution in [3.8, 4) is 0 Å². The lowest BCUT2D eigenvalue weighted by Crippen LogP contribution is -2.37. The van der Waals surface area contributed by atoms with Crippen molar-refractivity contribution in [3.63, 3.8) is 0 Å². The molecule has 0 saturated heterocycles. The number of allylic oxidation sites excluding steroid dienone is 14. The van der Waals surface area contributed by atoms with Crippen molar-refractivity contribution in [3.05, 3.63) is 85.1 Å². The van der Waals surface area contributed by atoms with Crippen molar-refractivity contribution in [2.75, 3.05) is 54.1 Å². The number of esters is 1. The first-order valence-corrected chi connectivity index (χ1v) is 25.8. The van der Waals surface area contributed by atoms with E-state index in [-0.39, 0.29) is 25.8 Å². The number of quaternary nitrogens is 1. The number of carbonyl (C=O) groups excluding carboxylic acids is 1. The largest absolute Gasteiger partial charge is 0.756 e. The van der Waals surface area contributed by atoms with Gasteiger partial charge in [-0.3, -0.25) is 9.36 Å². The lowest BCUT2D eigenvalue weighted by atomic mass is 10.1. The standard InChI is InChI=1S/C52H92NO7P/c1-6-8-10-12-14-16-18-20-22-24-26-28-30-32-34-36-38-40-42-44-47-57-49-51(50-59-61(55,56)58-48-46-53(3,4)5)60-52(54)45-43-41-39-37-35-33-31-29-27-25-23-21-19-17-15-13-11-9-7-2/h9,11,14-17,20-23,26-29,51H,6-8,10,12-13,18-19,24-25,30-50H2,1-5H3/b11-9-,16-14-,17-15-,22-20-,23-21-,28-26-,29-27-. The van der Waals surface area contributed by atoms with Gasteiger partial charge in [0.05, 0.1) is 34.4 Å². The van der Waals surface area contributed by atoms with Crippen LogP contribution < -0.4 is 4.89 Å². The zero-order valence-electron chi connectivity index (χ0n) is 39.8. The van der Waals surface area contributed by atoms with Gasteiger partial charge in [-0.15, -0.1) is 0 Å². The molecule has 2 atom stereocenters. The molecule has 0 saturated carbocycles. The topological polar surface area (TPSA) is 94.1 Å². The molecule has 352 valence electrons. The Hall–Kier alpha value is -2.32. The molecule has 0 fully saturated rings. The van der Waals surface area contributed by atoms with E-state index in [1.165, 1.54) is 64.2 Å². The lowest BCUT2D eigenvalue weighted by Gasteiger charge is -2.28. The molecular weight excluding hydrogens is 782 g/mol. The predicted octanol–water partition coefficient (Wildman–Crippen LogP) is 14.2. The monoisotopic (exact) mass is 874 g/mol. The van der Waals surface area contributed by atoms with Crippen molar-refractivity contribution in [1.29, 1.82) is 0 Å². The molecule has 8 nitrogen and oxygen atoms in total. The molecule has 0 aliphatic heterocycles. The first-order chi connectivity index (χ1) is 29.6. The van der Waals surface area contributed by atoms with Crippen LogP contribution in [0.1, 0.15) is 181 Å². The summed E-state index contributed by atoms with van der Waals surface area (Å²) in [5.41, 5.74) is 0. The van der Waals surface area contributed by atoms with E-state index >= 15 is 0 Å². The summed E-state index contributed by atoms with van der Waals surface area (Å²) >= 11 is 0. The minimum absolute atomic E-state index is 0.0162. The van der Waals surface area contributed by atoms with Gasteiger partial charge in [0.2, 0.25) is 0 Å². The highest BCUT2D eigenvalue weighted by Crippen LogP contribution is 2.38. The van der Waals surface area contributed by atoms with E-state index in [4.69, 9.17) is 18.5 Å². The van der Waals surface area contributed by atoms with E-state index in [1.807, 2.05) is 21.1 Å². The highest BCUT2D eigenvalue weighted by atomic mass is 31.2. The Balaban J connectivity index is 4.25. The van der Waals surface area contributed by atoms with E-state index in [0.717, 1.165) is 96.3 Å². The van der Waals surface area contributed by atoms with Gasteiger partial charge in [-0.25, -0.2) is 0 Å². The van der Waals surface area contributed by atoms with Crippen LogP contribution in [0.4, 0.5) is 0 Å². The summed E-state index contributed by atoms with van der Waals surface area (Å²) in [4.78, 5) is 25.1. The number of hydrogen-bond acceptors (Lipinski definition) is 7. The molecule has 0 heterocycles. The molecule has 0 bridgehead atoms. The summed E-state index contributed by atoms with van der Waals surface area (Å²) in [6.45, 7) is 5.21. The number of nitrogens with zero attached hydrogens (tertiary/aromatic N) is 1. The van der Waals surface area contributed by atoms with Crippen molar-refractivity contribution in [2.45, 2.75) is 187 Å². The number of unbranched alkanes of at least 4 members (excludes halogenated alkanes) is 16. The highest BCUT2D eigenvalue weighted by molar-refractivity contribution is 7.45. The molecule has 61 heavy (non-hydrogen) atoms. The molecule has 0 radical (unpaired) electrons. The Morgan fingerprint density at radius 3 is 1.43 bits per heavy atom. The summed E-state index contributed by atoms with van der Waals surface area (Å²) in [7, 11) is 1.33. The third kappa shape index (κ3) is 48.6. The second-order valence-corrected chi connectivity index (χ2v) is 18.5. The fourth-order valence-corrected chi connectivity index (χ4v) is 6.92. The van der Waals surface area contributed by atoms with Crippen molar-refractivity contribution >= 4 is 13.8 Å². The summed E-state index contributed by atoms with van der Waals surface area (Å²) in [6, 6.07) is 0. The van der Waals surface area contributed by atoms with Gasteiger partial charge >= 0.3 is 5.97 Å². The van der Waals surface area contributed by atoms with Gasteiger partial charge in [0.1, 0.15) is 19.3 Å². The van der Waals surface area contributed by atoms with Gasteiger partial charge in [0.15, 0.2) is 0 Å². The summed E-state index contributed by atoms with van der Waals surface area (Å²) < 4.78 is 34.7. The number of likely N-dealkylation sites (N-methyl/N-ethyl adjacent to an activating group) is 1. The third-order valence-electron chi connectivity index (χ3n) is 9.93. The van der Waals surface area contributed by atoms with Crippen LogP contribution in [0.15, 0.2) is 85.1 Å². The molecule has 0 rings (SSSR count). The average molecular weight is 874 g/mol. The second kappa shape index (κ2) is 44.3. The van der Waals surface area contributed by atoms with Crippen LogP contribution in [-0.4, -0.2) is 70.7 Å². The van der Waals surface area contributed by atoms with Gasteiger partial charge in [0.25, 0.3) is 7.82 Å². The zero-order chi connectivity index (χ0) is 44.8. The number of rotatable bonds is 44. The molecular formula is C52H92NO7P. The molecule has 0 amide bonds. The van der Waals surface area contributed by atoms with E-state index in [9.17, 15) is 14.3 Å². The smallest absolute Gasteiger partial charge is 0.306 e. The Kier molecular flexibility index (Phi) is 42.6. The minimum Gasteiger partial charge on any atom is -0.756 e. The van der Waals surface area contributed by atoms with Crippen LogP contribution in [-0.2, 0) is 27.9 Å². The van der Waals surface area contributed by atoms with E-state index in [2.05, 4.69) is 98.9 Å². The van der Waals surface area contributed by atoms with Crippen LogP contribution >= 0.6 is 7.82 Å². The Morgan fingerprint density at radius 2 is 0.951 bits per heavy atom. The number of carbonyl (C=O) groups is 1. The maximum atomic E-state index is 12.7. The fraction of sp³-hybridized carbons (Fsp3) is 0.712. The number of hydrogen-bond donors (Lipinski definition) is 0. The molecule has 2 unspecified atom stereocenters. The third-order valence-corrected chi connectivity index (χ3v) is 10.9. The van der Waals surface area contributed by atoms with Gasteiger partial charge in [-0.1, -0.05) is 170 Å². The molecule has 9 heteroatoms. The van der Waals surface area contributed by atoms with E-state index in [1.54, 1.807) is 0 Å². The quantitative estimate of drug-likeness (QED) is 0.0198. The second-order valence-electron chi connectivity index (χ2n) is 17.1. The molecule has 0 aliphatic carbocycles. The van der Waals surface area contributed by atoms with Crippen LogP contribution in [0.2, 0.25) is 0 Å².